The minimum absolute atomic E-state index is 0.0759. The molecule has 2 nitrogen and oxygen atoms in total. The molecule has 0 atom stereocenters. The third-order valence-corrected chi connectivity index (χ3v) is 3.48. The number of halogens is 1. The summed E-state index contributed by atoms with van der Waals surface area (Å²) in [6.45, 7) is 0.0759. The molecule has 3 heteroatoms. The van der Waals surface area contributed by atoms with Crippen molar-refractivity contribution in [3.05, 3.63) is 46.4 Å². The van der Waals surface area contributed by atoms with Gasteiger partial charge in [-0.3, -0.25) is 0 Å². The first kappa shape index (κ1) is 9.87. The Balaban J connectivity index is 2.47. The summed E-state index contributed by atoms with van der Waals surface area (Å²) in [5.74, 6) is 0. The molecule has 2 aromatic carbocycles. The van der Waals surface area contributed by atoms with E-state index in [0.29, 0.717) is 0 Å². The van der Waals surface area contributed by atoms with Gasteiger partial charge in [-0.1, -0.05) is 34.1 Å². The molecule has 16 heavy (non-hydrogen) atoms. The number of H-pyrrole nitrogens is 1. The molecule has 1 aromatic heterocycles. The van der Waals surface area contributed by atoms with Crippen molar-refractivity contribution in [1.82, 2.24) is 4.98 Å². The van der Waals surface area contributed by atoms with Gasteiger partial charge in [0.25, 0.3) is 0 Å². The van der Waals surface area contributed by atoms with Crippen molar-refractivity contribution >= 4 is 37.7 Å². The Labute approximate surface area is 101 Å². The monoisotopic (exact) mass is 275 g/mol. The molecule has 1 heterocycles. The molecular formula is C13H10BrNO. The zero-order valence-corrected chi connectivity index (χ0v) is 10.1. The molecule has 0 bridgehead atoms. The molecular weight excluding hydrogens is 266 g/mol. The van der Waals surface area contributed by atoms with E-state index in [2.05, 4.69) is 27.0 Å². The summed E-state index contributed by atoms with van der Waals surface area (Å²) < 4.78 is 1.09. The van der Waals surface area contributed by atoms with Crippen LogP contribution in [0, 0.1) is 0 Å². The van der Waals surface area contributed by atoms with Gasteiger partial charge in [0.15, 0.2) is 0 Å². The van der Waals surface area contributed by atoms with Crippen molar-refractivity contribution in [2.75, 3.05) is 0 Å². The van der Waals surface area contributed by atoms with Crippen molar-refractivity contribution < 1.29 is 5.11 Å². The van der Waals surface area contributed by atoms with Crippen molar-refractivity contribution in [2.24, 2.45) is 0 Å². The third-order valence-electron chi connectivity index (χ3n) is 2.82. The van der Waals surface area contributed by atoms with E-state index in [0.717, 1.165) is 21.1 Å². The smallest absolute Gasteiger partial charge is 0.0682 e. The first-order valence-electron chi connectivity index (χ1n) is 5.09. The van der Waals surface area contributed by atoms with E-state index in [1.807, 2.05) is 30.3 Å². The van der Waals surface area contributed by atoms with Gasteiger partial charge in [-0.05, 0) is 23.8 Å². The number of aromatic nitrogens is 1. The quantitative estimate of drug-likeness (QED) is 0.700. The van der Waals surface area contributed by atoms with Crippen LogP contribution in [0.25, 0.3) is 21.8 Å². The number of nitrogens with one attached hydrogen (secondary N) is 1. The maximum atomic E-state index is 9.10. The van der Waals surface area contributed by atoms with E-state index in [9.17, 15) is 0 Å². The van der Waals surface area contributed by atoms with Crippen molar-refractivity contribution in [3.63, 3.8) is 0 Å². The van der Waals surface area contributed by atoms with Gasteiger partial charge in [0.05, 0.1) is 6.61 Å². The van der Waals surface area contributed by atoms with E-state index in [1.165, 1.54) is 10.8 Å². The molecule has 0 radical (unpaired) electrons. The zero-order valence-electron chi connectivity index (χ0n) is 8.50. The number of fused-ring (bicyclic) bond motifs is 3. The highest BCUT2D eigenvalue weighted by atomic mass is 79.9. The normalized spacial score (nSPS) is 11.4. The van der Waals surface area contributed by atoms with Crippen LogP contribution in [0.4, 0.5) is 0 Å². The van der Waals surface area contributed by atoms with Crippen molar-refractivity contribution in [1.29, 1.82) is 0 Å². The lowest BCUT2D eigenvalue weighted by Gasteiger charge is -1.96. The number of benzene rings is 2. The predicted molar refractivity (Wildman–Crippen MR) is 69.4 cm³/mol. The maximum Gasteiger partial charge on any atom is 0.0682 e. The van der Waals surface area contributed by atoms with Gasteiger partial charge in [0.1, 0.15) is 0 Å². The van der Waals surface area contributed by atoms with E-state index in [-0.39, 0.29) is 6.61 Å². The topological polar surface area (TPSA) is 36.0 Å². The average Bonchev–Trinajstić information content (AvgIpc) is 2.67. The van der Waals surface area contributed by atoms with Crippen LogP contribution in [0.2, 0.25) is 0 Å². The van der Waals surface area contributed by atoms with Crippen LogP contribution in [-0.4, -0.2) is 10.1 Å². The molecule has 0 spiro atoms. The second-order valence-corrected chi connectivity index (χ2v) is 4.68. The Morgan fingerprint density at radius 3 is 2.81 bits per heavy atom. The van der Waals surface area contributed by atoms with E-state index < -0.39 is 0 Å². The second kappa shape index (κ2) is 3.61. The van der Waals surface area contributed by atoms with Crippen LogP contribution >= 0.6 is 15.9 Å². The first-order valence-corrected chi connectivity index (χ1v) is 5.88. The lowest BCUT2D eigenvalue weighted by atomic mass is 10.1. The SMILES string of the molecule is OCc1ccc2c(c1)[nH]c1cccc(Br)c12. The fraction of sp³-hybridized carbons (Fsp3) is 0.0769. The Morgan fingerprint density at radius 1 is 1.12 bits per heavy atom. The van der Waals surface area contributed by atoms with Gasteiger partial charge in [-0.25, -0.2) is 0 Å². The molecule has 0 saturated carbocycles. The third kappa shape index (κ3) is 1.36. The molecule has 0 aliphatic rings. The Bertz CT molecular complexity index is 672. The summed E-state index contributed by atoms with van der Waals surface area (Å²) in [6.07, 6.45) is 0. The second-order valence-electron chi connectivity index (χ2n) is 3.83. The van der Waals surface area contributed by atoms with Crippen LogP contribution in [-0.2, 0) is 6.61 Å². The van der Waals surface area contributed by atoms with Crippen molar-refractivity contribution in [2.45, 2.75) is 6.61 Å². The summed E-state index contributed by atoms with van der Waals surface area (Å²) >= 11 is 3.56. The highest BCUT2D eigenvalue weighted by molar-refractivity contribution is 9.10. The lowest BCUT2D eigenvalue weighted by Crippen LogP contribution is -1.81. The van der Waals surface area contributed by atoms with E-state index in [1.54, 1.807) is 0 Å². The van der Waals surface area contributed by atoms with Gasteiger partial charge >= 0.3 is 0 Å². The van der Waals surface area contributed by atoms with Gasteiger partial charge in [0.2, 0.25) is 0 Å². The summed E-state index contributed by atoms with van der Waals surface area (Å²) in [6, 6.07) is 12.1. The number of rotatable bonds is 1. The minimum atomic E-state index is 0.0759. The standard InChI is InChI=1S/C13H10BrNO/c14-10-2-1-3-11-13(10)9-5-4-8(7-16)6-12(9)15-11/h1-6,15-16H,7H2. The molecule has 3 aromatic rings. The van der Waals surface area contributed by atoms with Gasteiger partial charge in [-0.2, -0.15) is 0 Å². The van der Waals surface area contributed by atoms with Crippen LogP contribution in [0.3, 0.4) is 0 Å². The Morgan fingerprint density at radius 2 is 2.00 bits per heavy atom. The molecule has 3 rings (SSSR count). The molecule has 0 fully saturated rings. The number of hydrogen-bond donors (Lipinski definition) is 2. The number of aromatic amines is 1. The first-order chi connectivity index (χ1) is 7.79. The summed E-state index contributed by atoms with van der Waals surface area (Å²) in [5, 5.41) is 11.5. The molecule has 0 unspecified atom stereocenters. The fourth-order valence-corrected chi connectivity index (χ4v) is 2.64. The number of aliphatic hydroxyl groups excluding tert-OH is 1. The van der Waals surface area contributed by atoms with Crippen molar-refractivity contribution in [3.8, 4) is 0 Å². The van der Waals surface area contributed by atoms with Crippen LogP contribution in [0.1, 0.15) is 5.56 Å². The molecule has 0 saturated heterocycles. The Kier molecular flexibility index (Phi) is 2.23. The predicted octanol–water partition coefficient (Wildman–Crippen LogP) is 3.58. The molecule has 0 aliphatic carbocycles. The fourth-order valence-electron chi connectivity index (χ4n) is 2.06. The molecule has 80 valence electrons. The molecule has 0 amide bonds. The number of hydrogen-bond acceptors (Lipinski definition) is 1. The Hall–Kier alpha value is -1.32. The average molecular weight is 276 g/mol. The number of aliphatic hydroxyl groups is 1. The summed E-state index contributed by atoms with van der Waals surface area (Å²) in [5.41, 5.74) is 3.10. The summed E-state index contributed by atoms with van der Waals surface area (Å²) in [4.78, 5) is 3.35. The van der Waals surface area contributed by atoms with Gasteiger partial charge < -0.3 is 10.1 Å². The highest BCUT2D eigenvalue weighted by Crippen LogP contribution is 2.31. The molecule has 0 aliphatic heterocycles. The lowest BCUT2D eigenvalue weighted by molar-refractivity contribution is 0.282. The largest absolute Gasteiger partial charge is 0.392 e. The van der Waals surface area contributed by atoms with E-state index in [4.69, 9.17) is 5.11 Å². The van der Waals surface area contributed by atoms with Crippen LogP contribution < -0.4 is 0 Å². The molecule has 2 N–H and O–H groups in total. The summed E-state index contributed by atoms with van der Waals surface area (Å²) in [7, 11) is 0. The zero-order chi connectivity index (χ0) is 11.1. The minimum Gasteiger partial charge on any atom is -0.392 e. The maximum absolute atomic E-state index is 9.10. The van der Waals surface area contributed by atoms with Gasteiger partial charge in [-0.15, -0.1) is 0 Å². The van der Waals surface area contributed by atoms with E-state index >= 15 is 0 Å². The van der Waals surface area contributed by atoms with Gasteiger partial charge in [0, 0.05) is 26.3 Å². The van der Waals surface area contributed by atoms with Crippen LogP contribution in [0.5, 0.6) is 0 Å². The van der Waals surface area contributed by atoms with Crippen LogP contribution in [0.15, 0.2) is 40.9 Å². The highest BCUT2D eigenvalue weighted by Gasteiger charge is 2.07.